The maximum Gasteiger partial charge on any atom is 0.265 e. The van der Waals surface area contributed by atoms with Gasteiger partial charge in [0.1, 0.15) is 5.75 Å². The number of aryl methyl sites for hydroxylation is 1. The molecule has 0 fully saturated rings. The SMILES string of the molecule is COc1ccccc1NC(=O)CO/N=C\c1ccccc1C. The van der Waals surface area contributed by atoms with Gasteiger partial charge in [-0.3, -0.25) is 4.79 Å². The van der Waals surface area contributed by atoms with E-state index in [9.17, 15) is 4.79 Å². The van der Waals surface area contributed by atoms with Crippen LogP contribution in [0.4, 0.5) is 5.69 Å². The van der Waals surface area contributed by atoms with E-state index in [4.69, 9.17) is 9.57 Å². The number of carbonyl (C=O) groups is 1. The van der Waals surface area contributed by atoms with E-state index in [1.807, 2.05) is 43.3 Å². The fourth-order valence-electron chi connectivity index (χ4n) is 1.86. The van der Waals surface area contributed by atoms with Crippen molar-refractivity contribution < 1.29 is 14.4 Å². The van der Waals surface area contributed by atoms with Crippen LogP contribution in [0.3, 0.4) is 0 Å². The Bertz CT molecular complexity index is 668. The van der Waals surface area contributed by atoms with Gasteiger partial charge in [0, 0.05) is 0 Å². The Kier molecular flexibility index (Phi) is 5.54. The van der Waals surface area contributed by atoms with Gasteiger partial charge in [-0.05, 0) is 30.2 Å². The van der Waals surface area contributed by atoms with E-state index < -0.39 is 0 Å². The molecule has 0 atom stereocenters. The van der Waals surface area contributed by atoms with Crippen molar-refractivity contribution >= 4 is 17.8 Å². The second-order valence-electron chi connectivity index (χ2n) is 4.61. The smallest absolute Gasteiger partial charge is 0.265 e. The van der Waals surface area contributed by atoms with E-state index >= 15 is 0 Å². The van der Waals surface area contributed by atoms with Crippen molar-refractivity contribution in [3.05, 3.63) is 59.7 Å². The summed E-state index contributed by atoms with van der Waals surface area (Å²) in [4.78, 5) is 16.8. The van der Waals surface area contributed by atoms with Crippen molar-refractivity contribution in [3.8, 4) is 5.75 Å². The molecular formula is C17H18N2O3. The number of ether oxygens (including phenoxy) is 1. The third-order valence-corrected chi connectivity index (χ3v) is 3.03. The Hall–Kier alpha value is -2.82. The Labute approximate surface area is 129 Å². The highest BCUT2D eigenvalue weighted by Gasteiger charge is 2.06. The minimum Gasteiger partial charge on any atom is -0.495 e. The number of rotatable bonds is 6. The molecule has 5 heteroatoms. The number of benzene rings is 2. The summed E-state index contributed by atoms with van der Waals surface area (Å²) in [6.07, 6.45) is 1.59. The van der Waals surface area contributed by atoms with Gasteiger partial charge in [-0.1, -0.05) is 41.6 Å². The standard InChI is InChI=1S/C17H18N2O3/c1-13-7-3-4-8-14(13)11-18-22-12-17(20)19-15-9-5-6-10-16(15)21-2/h3-11H,12H2,1-2H3,(H,19,20)/b18-11-. The highest BCUT2D eigenvalue weighted by molar-refractivity contribution is 5.93. The van der Waals surface area contributed by atoms with E-state index in [2.05, 4.69) is 10.5 Å². The zero-order valence-electron chi connectivity index (χ0n) is 12.6. The molecule has 114 valence electrons. The van der Waals surface area contributed by atoms with E-state index in [0.29, 0.717) is 11.4 Å². The van der Waals surface area contributed by atoms with Gasteiger partial charge in [0.2, 0.25) is 0 Å². The Morgan fingerprint density at radius 2 is 1.91 bits per heavy atom. The van der Waals surface area contributed by atoms with Gasteiger partial charge in [0.15, 0.2) is 6.61 Å². The number of para-hydroxylation sites is 2. The summed E-state index contributed by atoms with van der Waals surface area (Å²) in [5.74, 6) is 0.297. The number of methoxy groups -OCH3 is 1. The largest absolute Gasteiger partial charge is 0.495 e. The number of hydrogen-bond acceptors (Lipinski definition) is 4. The molecule has 0 unspecified atom stereocenters. The lowest BCUT2D eigenvalue weighted by Crippen LogP contribution is -2.17. The zero-order valence-corrected chi connectivity index (χ0v) is 12.6. The van der Waals surface area contributed by atoms with E-state index in [-0.39, 0.29) is 12.5 Å². The number of carbonyl (C=O) groups excluding carboxylic acids is 1. The van der Waals surface area contributed by atoms with Gasteiger partial charge < -0.3 is 14.9 Å². The number of amides is 1. The molecule has 5 nitrogen and oxygen atoms in total. The van der Waals surface area contributed by atoms with Crippen LogP contribution in [-0.2, 0) is 9.63 Å². The van der Waals surface area contributed by atoms with Crippen molar-refractivity contribution in [1.29, 1.82) is 0 Å². The molecule has 0 saturated heterocycles. The molecule has 0 radical (unpaired) electrons. The van der Waals surface area contributed by atoms with Crippen LogP contribution >= 0.6 is 0 Å². The highest BCUT2D eigenvalue weighted by atomic mass is 16.6. The zero-order chi connectivity index (χ0) is 15.8. The van der Waals surface area contributed by atoms with Gasteiger partial charge in [-0.15, -0.1) is 0 Å². The highest BCUT2D eigenvalue weighted by Crippen LogP contribution is 2.22. The van der Waals surface area contributed by atoms with Crippen molar-refractivity contribution in [2.24, 2.45) is 5.16 Å². The van der Waals surface area contributed by atoms with Crippen molar-refractivity contribution in [2.75, 3.05) is 19.0 Å². The predicted molar refractivity (Wildman–Crippen MR) is 86.3 cm³/mol. The summed E-state index contributed by atoms with van der Waals surface area (Å²) in [5, 5.41) is 6.52. The minimum absolute atomic E-state index is 0.166. The minimum atomic E-state index is -0.300. The molecule has 2 aromatic rings. The second-order valence-corrected chi connectivity index (χ2v) is 4.61. The number of oxime groups is 1. The molecule has 0 aromatic heterocycles. The first kappa shape index (κ1) is 15.6. The van der Waals surface area contributed by atoms with E-state index in [1.54, 1.807) is 25.5 Å². The van der Waals surface area contributed by atoms with Crippen LogP contribution in [0, 0.1) is 6.92 Å². The summed E-state index contributed by atoms with van der Waals surface area (Å²) in [6.45, 7) is 1.82. The first-order valence-electron chi connectivity index (χ1n) is 6.84. The van der Waals surface area contributed by atoms with Crippen molar-refractivity contribution in [2.45, 2.75) is 6.92 Å². The average molecular weight is 298 g/mol. The summed E-state index contributed by atoms with van der Waals surface area (Å²) < 4.78 is 5.16. The lowest BCUT2D eigenvalue weighted by Gasteiger charge is -2.08. The molecule has 2 aromatic carbocycles. The Balaban J connectivity index is 1.84. The fourth-order valence-corrected chi connectivity index (χ4v) is 1.86. The summed E-state index contributed by atoms with van der Waals surface area (Å²) in [6, 6.07) is 15.0. The maximum absolute atomic E-state index is 11.8. The van der Waals surface area contributed by atoms with Gasteiger partial charge in [0.25, 0.3) is 5.91 Å². The number of nitrogens with zero attached hydrogens (tertiary/aromatic N) is 1. The van der Waals surface area contributed by atoms with Crippen LogP contribution in [-0.4, -0.2) is 25.8 Å². The third kappa shape index (κ3) is 4.34. The molecule has 22 heavy (non-hydrogen) atoms. The van der Waals surface area contributed by atoms with Crippen LogP contribution < -0.4 is 10.1 Å². The molecule has 0 aliphatic rings. The van der Waals surface area contributed by atoms with Crippen molar-refractivity contribution in [1.82, 2.24) is 0 Å². The average Bonchev–Trinajstić information content (AvgIpc) is 2.53. The molecule has 0 saturated carbocycles. The van der Waals surface area contributed by atoms with Crippen LogP contribution in [0.5, 0.6) is 5.75 Å². The molecule has 0 bridgehead atoms. The van der Waals surface area contributed by atoms with Crippen molar-refractivity contribution in [3.63, 3.8) is 0 Å². The number of nitrogens with one attached hydrogen (secondary N) is 1. The maximum atomic E-state index is 11.8. The summed E-state index contributed by atoms with van der Waals surface area (Å²) in [5.41, 5.74) is 2.64. The summed E-state index contributed by atoms with van der Waals surface area (Å²) >= 11 is 0. The Morgan fingerprint density at radius 1 is 1.18 bits per heavy atom. The molecule has 1 amide bonds. The van der Waals surface area contributed by atoms with Gasteiger partial charge >= 0.3 is 0 Å². The van der Waals surface area contributed by atoms with Gasteiger partial charge in [-0.2, -0.15) is 0 Å². The molecule has 2 rings (SSSR count). The third-order valence-electron chi connectivity index (χ3n) is 3.03. The normalized spacial score (nSPS) is 10.5. The molecular weight excluding hydrogens is 280 g/mol. The van der Waals surface area contributed by atoms with Crippen LogP contribution in [0.2, 0.25) is 0 Å². The van der Waals surface area contributed by atoms with Crippen LogP contribution in [0.15, 0.2) is 53.7 Å². The van der Waals surface area contributed by atoms with E-state index in [0.717, 1.165) is 11.1 Å². The topological polar surface area (TPSA) is 59.9 Å². The fraction of sp³-hybridized carbons (Fsp3) is 0.176. The summed E-state index contributed by atoms with van der Waals surface area (Å²) in [7, 11) is 1.55. The van der Waals surface area contributed by atoms with E-state index in [1.165, 1.54) is 0 Å². The predicted octanol–water partition coefficient (Wildman–Crippen LogP) is 2.99. The lowest BCUT2D eigenvalue weighted by atomic mass is 10.1. The molecule has 0 aliphatic carbocycles. The van der Waals surface area contributed by atoms with Crippen LogP contribution in [0.1, 0.15) is 11.1 Å². The monoisotopic (exact) mass is 298 g/mol. The number of anilines is 1. The first-order valence-corrected chi connectivity index (χ1v) is 6.84. The van der Waals surface area contributed by atoms with Gasteiger partial charge in [0.05, 0.1) is 19.0 Å². The number of hydrogen-bond donors (Lipinski definition) is 1. The Morgan fingerprint density at radius 3 is 2.68 bits per heavy atom. The molecule has 1 N–H and O–H groups in total. The van der Waals surface area contributed by atoms with Crippen LogP contribution in [0.25, 0.3) is 0 Å². The lowest BCUT2D eigenvalue weighted by molar-refractivity contribution is -0.120. The second kappa shape index (κ2) is 7.83. The van der Waals surface area contributed by atoms with Gasteiger partial charge in [-0.25, -0.2) is 0 Å². The first-order chi connectivity index (χ1) is 10.7. The molecule has 0 spiro atoms. The molecule has 0 heterocycles. The quantitative estimate of drug-likeness (QED) is 0.659. The molecule has 0 aliphatic heterocycles.